The van der Waals surface area contributed by atoms with Crippen molar-refractivity contribution in [2.24, 2.45) is 0 Å². The number of carbonyl (C=O) groups excluding carboxylic acids is 2. The van der Waals surface area contributed by atoms with Crippen LogP contribution in [-0.2, 0) is 19.4 Å². The van der Waals surface area contributed by atoms with Gasteiger partial charge in [-0.3, -0.25) is 14.9 Å². The molecule has 0 radical (unpaired) electrons. The number of anilines is 1. The molecule has 2 atom stereocenters. The molecule has 32 heavy (non-hydrogen) atoms. The summed E-state index contributed by atoms with van der Waals surface area (Å²) in [6.07, 6.45) is 0. The Balaban J connectivity index is 1.59. The SMILES string of the molecule is COc1ccc(S(=O)(=O)C2CNC(SCC(=O)Nc3cccc(Br)c3)NC2=O)cc1OC. The van der Waals surface area contributed by atoms with Crippen molar-refractivity contribution in [1.29, 1.82) is 0 Å². The summed E-state index contributed by atoms with van der Waals surface area (Å²) in [6, 6.07) is 11.4. The summed E-state index contributed by atoms with van der Waals surface area (Å²) in [6.45, 7) is -0.0899. The zero-order valence-electron chi connectivity index (χ0n) is 17.3. The van der Waals surface area contributed by atoms with Gasteiger partial charge in [0.25, 0.3) is 0 Å². The summed E-state index contributed by atoms with van der Waals surface area (Å²) in [4.78, 5) is 24.7. The number of carbonyl (C=O) groups is 2. The highest BCUT2D eigenvalue weighted by Crippen LogP contribution is 2.31. The number of rotatable bonds is 8. The van der Waals surface area contributed by atoms with Crippen molar-refractivity contribution in [3.05, 3.63) is 46.9 Å². The molecule has 0 bridgehead atoms. The van der Waals surface area contributed by atoms with Crippen LogP contribution in [0.15, 0.2) is 51.8 Å². The smallest absolute Gasteiger partial charge is 0.241 e. The fourth-order valence-corrected chi connectivity index (χ4v) is 5.74. The van der Waals surface area contributed by atoms with Crippen LogP contribution in [0.25, 0.3) is 0 Å². The normalized spacial score (nSPS) is 18.5. The Morgan fingerprint density at radius 3 is 2.59 bits per heavy atom. The largest absolute Gasteiger partial charge is 0.493 e. The topological polar surface area (TPSA) is 123 Å². The van der Waals surface area contributed by atoms with E-state index in [0.29, 0.717) is 11.4 Å². The van der Waals surface area contributed by atoms with E-state index in [1.165, 1.54) is 32.4 Å². The van der Waals surface area contributed by atoms with Crippen molar-refractivity contribution in [3.63, 3.8) is 0 Å². The zero-order valence-corrected chi connectivity index (χ0v) is 20.5. The van der Waals surface area contributed by atoms with Gasteiger partial charge in [-0.2, -0.15) is 0 Å². The fourth-order valence-electron chi connectivity index (χ4n) is 3.01. The second-order valence-corrected chi connectivity index (χ2v) is 10.9. The molecule has 0 spiro atoms. The standard InChI is InChI=1S/C20H22BrN3O6S2/c1-29-15-7-6-14(9-16(15)30-2)32(27,28)17-10-22-20(24-19(17)26)31-11-18(25)23-13-5-3-4-12(21)8-13/h3-9,17,20,22H,10-11H2,1-2H3,(H,23,25)(H,24,26). The first-order chi connectivity index (χ1) is 15.2. The van der Waals surface area contributed by atoms with Gasteiger partial charge in [0.15, 0.2) is 26.6 Å². The quantitative estimate of drug-likeness (QED) is 0.461. The summed E-state index contributed by atoms with van der Waals surface area (Å²) in [7, 11) is -1.13. The predicted molar refractivity (Wildman–Crippen MR) is 126 cm³/mol. The minimum Gasteiger partial charge on any atom is -0.493 e. The van der Waals surface area contributed by atoms with Gasteiger partial charge >= 0.3 is 0 Å². The maximum Gasteiger partial charge on any atom is 0.241 e. The number of ether oxygens (including phenoxy) is 2. The molecule has 12 heteroatoms. The number of methoxy groups -OCH3 is 2. The van der Waals surface area contributed by atoms with Crippen LogP contribution in [0, 0.1) is 0 Å². The zero-order chi connectivity index (χ0) is 23.3. The van der Waals surface area contributed by atoms with Gasteiger partial charge in [-0.1, -0.05) is 22.0 Å². The van der Waals surface area contributed by atoms with Crippen LogP contribution in [0.5, 0.6) is 11.5 Å². The first-order valence-electron chi connectivity index (χ1n) is 9.41. The first kappa shape index (κ1) is 24.4. The molecule has 0 aromatic heterocycles. The second-order valence-electron chi connectivity index (χ2n) is 6.72. The van der Waals surface area contributed by atoms with Crippen molar-refractivity contribution < 1.29 is 27.5 Å². The Kier molecular flexibility index (Phi) is 8.04. The lowest BCUT2D eigenvalue weighted by atomic mass is 10.3. The molecule has 1 fully saturated rings. The number of thioether (sulfide) groups is 1. The van der Waals surface area contributed by atoms with Crippen LogP contribution in [0.3, 0.4) is 0 Å². The van der Waals surface area contributed by atoms with Crippen molar-refractivity contribution in [2.45, 2.75) is 15.6 Å². The van der Waals surface area contributed by atoms with E-state index >= 15 is 0 Å². The lowest BCUT2D eigenvalue weighted by Crippen LogP contribution is -2.59. The fraction of sp³-hybridized carbons (Fsp3) is 0.300. The Bertz CT molecular complexity index is 1110. The minimum atomic E-state index is -3.97. The second kappa shape index (κ2) is 10.6. The lowest BCUT2D eigenvalue weighted by Gasteiger charge is -2.29. The summed E-state index contributed by atoms with van der Waals surface area (Å²) in [5, 5.41) is 7.02. The molecule has 9 nitrogen and oxygen atoms in total. The molecular weight excluding hydrogens is 522 g/mol. The number of nitrogens with one attached hydrogen (secondary N) is 3. The van der Waals surface area contributed by atoms with E-state index in [1.54, 1.807) is 18.2 Å². The number of sulfone groups is 1. The molecule has 0 aliphatic carbocycles. The minimum absolute atomic E-state index is 0.0448. The highest BCUT2D eigenvalue weighted by Gasteiger charge is 2.39. The van der Waals surface area contributed by atoms with Gasteiger partial charge in [0.2, 0.25) is 11.8 Å². The highest BCUT2D eigenvalue weighted by atomic mass is 79.9. The summed E-state index contributed by atoms with van der Waals surface area (Å²) in [5.74, 6) is -0.178. The van der Waals surface area contributed by atoms with Crippen LogP contribution in [0.2, 0.25) is 0 Å². The Hall–Kier alpha value is -2.28. The van der Waals surface area contributed by atoms with Crippen molar-refractivity contribution in [2.75, 3.05) is 31.8 Å². The number of halogens is 1. The highest BCUT2D eigenvalue weighted by molar-refractivity contribution is 9.10. The third-order valence-electron chi connectivity index (χ3n) is 4.60. The van der Waals surface area contributed by atoms with Crippen LogP contribution < -0.4 is 25.4 Å². The van der Waals surface area contributed by atoms with E-state index in [0.717, 1.165) is 16.2 Å². The molecule has 3 rings (SSSR count). The van der Waals surface area contributed by atoms with Gasteiger partial charge in [-0.05, 0) is 30.3 Å². The monoisotopic (exact) mass is 543 g/mol. The van der Waals surface area contributed by atoms with Gasteiger partial charge in [0, 0.05) is 22.8 Å². The van der Waals surface area contributed by atoms with Gasteiger partial charge in [0.05, 0.1) is 24.9 Å². The van der Waals surface area contributed by atoms with Gasteiger partial charge < -0.3 is 20.1 Å². The average molecular weight is 544 g/mol. The van der Waals surface area contributed by atoms with Crippen LogP contribution in [0.4, 0.5) is 5.69 Å². The van der Waals surface area contributed by atoms with E-state index in [2.05, 4.69) is 31.9 Å². The molecule has 2 amide bonds. The van der Waals surface area contributed by atoms with Gasteiger partial charge in [-0.15, -0.1) is 11.8 Å². The molecule has 3 N–H and O–H groups in total. The van der Waals surface area contributed by atoms with E-state index in [4.69, 9.17) is 9.47 Å². The van der Waals surface area contributed by atoms with Crippen LogP contribution in [0.1, 0.15) is 0 Å². The van der Waals surface area contributed by atoms with E-state index in [1.807, 2.05) is 6.07 Å². The molecule has 0 saturated carbocycles. The van der Waals surface area contributed by atoms with Gasteiger partial charge in [0.1, 0.15) is 5.50 Å². The molecule has 2 unspecified atom stereocenters. The van der Waals surface area contributed by atoms with Crippen molar-refractivity contribution >= 4 is 55.0 Å². The first-order valence-corrected chi connectivity index (χ1v) is 12.8. The lowest BCUT2D eigenvalue weighted by molar-refractivity contribution is -0.122. The molecule has 1 aliphatic heterocycles. The molecule has 2 aromatic carbocycles. The number of hydrogen-bond acceptors (Lipinski definition) is 8. The molecular formula is C20H22BrN3O6S2. The van der Waals surface area contributed by atoms with Crippen molar-refractivity contribution in [3.8, 4) is 11.5 Å². The summed E-state index contributed by atoms with van der Waals surface area (Å²) < 4.78 is 37.1. The molecule has 1 aliphatic rings. The third-order valence-corrected chi connectivity index (χ3v) is 8.18. The maximum absolute atomic E-state index is 13.0. The Morgan fingerprint density at radius 2 is 1.94 bits per heavy atom. The molecule has 2 aromatic rings. The Labute approximate surface area is 198 Å². The van der Waals surface area contributed by atoms with Gasteiger partial charge in [-0.25, -0.2) is 8.42 Å². The maximum atomic E-state index is 13.0. The predicted octanol–water partition coefficient (Wildman–Crippen LogP) is 1.98. The van der Waals surface area contributed by atoms with Crippen LogP contribution in [-0.4, -0.2) is 57.5 Å². The number of benzene rings is 2. The summed E-state index contributed by atoms with van der Waals surface area (Å²) in [5.41, 5.74) is 0.0549. The third kappa shape index (κ3) is 5.74. The number of hydrogen-bond donors (Lipinski definition) is 3. The number of amides is 2. The van der Waals surface area contributed by atoms with Crippen LogP contribution >= 0.6 is 27.7 Å². The molecule has 1 saturated heterocycles. The summed E-state index contributed by atoms with van der Waals surface area (Å²) >= 11 is 4.49. The molecule has 172 valence electrons. The van der Waals surface area contributed by atoms with E-state index < -0.39 is 26.5 Å². The average Bonchev–Trinajstić information content (AvgIpc) is 2.77. The van der Waals surface area contributed by atoms with Crippen molar-refractivity contribution in [1.82, 2.24) is 10.6 Å². The molecule has 1 heterocycles. The van der Waals surface area contributed by atoms with E-state index in [-0.39, 0.29) is 28.8 Å². The van der Waals surface area contributed by atoms with E-state index in [9.17, 15) is 18.0 Å². The Morgan fingerprint density at radius 1 is 1.19 bits per heavy atom.